The van der Waals surface area contributed by atoms with Crippen LogP contribution >= 0.6 is 11.3 Å². The third kappa shape index (κ3) is 3.07. The van der Waals surface area contributed by atoms with Crippen LogP contribution in [0.15, 0.2) is 70.7 Å². The maximum Gasteiger partial charge on any atom is 0.206 e. The van der Waals surface area contributed by atoms with E-state index >= 15 is 0 Å². The first-order valence-electron chi connectivity index (χ1n) is 6.95. The van der Waals surface area contributed by atoms with Gasteiger partial charge in [0.2, 0.25) is 5.78 Å². The summed E-state index contributed by atoms with van der Waals surface area (Å²) in [6.45, 7) is 0. The summed E-state index contributed by atoms with van der Waals surface area (Å²) in [6.07, 6.45) is 1.61. The van der Waals surface area contributed by atoms with E-state index in [1.54, 1.807) is 24.3 Å². The van der Waals surface area contributed by atoms with Crippen LogP contribution in [-0.2, 0) is 0 Å². The molecule has 2 aromatic heterocycles. The van der Waals surface area contributed by atoms with E-state index in [-0.39, 0.29) is 18.0 Å². The molecule has 0 saturated heterocycles. The van der Waals surface area contributed by atoms with Gasteiger partial charge in [0.05, 0.1) is 12.2 Å². The van der Waals surface area contributed by atoms with Gasteiger partial charge < -0.3 is 4.42 Å². The monoisotopic (exact) mass is 310 g/mol. The predicted molar refractivity (Wildman–Crippen MR) is 85.5 cm³/mol. The summed E-state index contributed by atoms with van der Waals surface area (Å²) in [4.78, 5) is 26.0. The lowest BCUT2D eigenvalue weighted by molar-refractivity contribution is 0.0878. The van der Waals surface area contributed by atoms with Crippen LogP contribution < -0.4 is 0 Å². The third-order valence-corrected chi connectivity index (χ3v) is 4.44. The van der Waals surface area contributed by atoms with Crippen LogP contribution in [0.25, 0.3) is 0 Å². The number of furan rings is 1. The average Bonchev–Trinajstić information content (AvgIpc) is 3.25. The lowest BCUT2D eigenvalue weighted by atomic mass is 9.92. The second-order valence-electron chi connectivity index (χ2n) is 4.90. The minimum absolute atomic E-state index is 0.0427. The summed E-state index contributed by atoms with van der Waals surface area (Å²) >= 11 is 1.48. The van der Waals surface area contributed by atoms with E-state index in [0.717, 1.165) is 4.88 Å². The van der Waals surface area contributed by atoms with Gasteiger partial charge in [0, 0.05) is 16.9 Å². The van der Waals surface area contributed by atoms with Gasteiger partial charge >= 0.3 is 0 Å². The fraction of sp³-hybridized carbons (Fsp3) is 0.111. The lowest BCUT2D eigenvalue weighted by Crippen LogP contribution is -2.16. The highest BCUT2D eigenvalue weighted by molar-refractivity contribution is 7.10. The van der Waals surface area contributed by atoms with Crippen LogP contribution in [0.3, 0.4) is 0 Å². The molecular weight excluding hydrogens is 296 g/mol. The van der Waals surface area contributed by atoms with Crippen molar-refractivity contribution in [1.82, 2.24) is 0 Å². The summed E-state index contributed by atoms with van der Waals surface area (Å²) < 4.78 is 5.21. The molecule has 3 rings (SSSR count). The van der Waals surface area contributed by atoms with Crippen molar-refractivity contribution in [2.75, 3.05) is 0 Å². The van der Waals surface area contributed by atoms with Crippen LogP contribution in [0.1, 0.15) is 38.1 Å². The standard InChI is InChI=1S/C18H14O3S/c19-15(13-6-2-1-3-7-13)12-14(17-9-5-11-22-17)18(20)16-8-4-10-21-16/h1-11,14H,12H2. The van der Waals surface area contributed by atoms with Gasteiger partial charge in [-0.2, -0.15) is 0 Å². The highest BCUT2D eigenvalue weighted by Gasteiger charge is 2.27. The largest absolute Gasteiger partial charge is 0.461 e. The predicted octanol–water partition coefficient (Wildman–Crippen LogP) is 4.58. The number of rotatable bonds is 6. The zero-order valence-electron chi connectivity index (χ0n) is 11.8. The molecule has 110 valence electrons. The maximum atomic E-state index is 12.6. The Morgan fingerprint density at radius 3 is 2.45 bits per heavy atom. The van der Waals surface area contributed by atoms with Crippen LogP contribution in [-0.4, -0.2) is 11.6 Å². The maximum absolute atomic E-state index is 12.6. The van der Waals surface area contributed by atoms with Crippen molar-refractivity contribution in [3.8, 4) is 0 Å². The molecule has 4 heteroatoms. The van der Waals surface area contributed by atoms with Gasteiger partial charge in [-0.15, -0.1) is 11.3 Å². The van der Waals surface area contributed by atoms with Crippen molar-refractivity contribution < 1.29 is 14.0 Å². The summed E-state index contributed by atoms with van der Waals surface area (Å²) in [6, 6.07) is 16.1. The molecule has 1 unspecified atom stereocenters. The molecule has 22 heavy (non-hydrogen) atoms. The highest BCUT2D eigenvalue weighted by Crippen LogP contribution is 2.29. The van der Waals surface area contributed by atoms with Crippen LogP contribution in [0.2, 0.25) is 0 Å². The second-order valence-corrected chi connectivity index (χ2v) is 5.88. The first kappa shape index (κ1) is 14.5. The normalized spacial score (nSPS) is 12.0. The summed E-state index contributed by atoms with van der Waals surface area (Å²) in [7, 11) is 0. The number of carbonyl (C=O) groups is 2. The van der Waals surface area contributed by atoms with E-state index in [9.17, 15) is 9.59 Å². The van der Waals surface area contributed by atoms with Gasteiger partial charge in [-0.3, -0.25) is 9.59 Å². The van der Waals surface area contributed by atoms with Gasteiger partial charge in [0.1, 0.15) is 0 Å². The molecule has 0 aliphatic heterocycles. The Morgan fingerprint density at radius 2 is 1.82 bits per heavy atom. The molecule has 0 aliphatic rings. The SMILES string of the molecule is O=C(CC(C(=O)c1ccco1)c1cccs1)c1ccccc1. The fourth-order valence-electron chi connectivity index (χ4n) is 2.33. The van der Waals surface area contributed by atoms with E-state index < -0.39 is 5.92 Å². The number of carbonyl (C=O) groups excluding carboxylic acids is 2. The van der Waals surface area contributed by atoms with Crippen molar-refractivity contribution in [2.24, 2.45) is 0 Å². The third-order valence-electron chi connectivity index (χ3n) is 3.45. The zero-order chi connectivity index (χ0) is 15.4. The van der Waals surface area contributed by atoms with Crippen molar-refractivity contribution in [2.45, 2.75) is 12.3 Å². The van der Waals surface area contributed by atoms with Crippen molar-refractivity contribution in [1.29, 1.82) is 0 Å². The Morgan fingerprint density at radius 1 is 1.00 bits per heavy atom. The van der Waals surface area contributed by atoms with Gasteiger partial charge in [0.15, 0.2) is 11.5 Å². The first-order chi connectivity index (χ1) is 10.8. The lowest BCUT2D eigenvalue weighted by Gasteiger charge is -2.12. The molecule has 0 bridgehead atoms. The van der Waals surface area contributed by atoms with Gasteiger partial charge in [-0.05, 0) is 23.6 Å². The van der Waals surface area contributed by atoms with E-state index in [2.05, 4.69) is 0 Å². The molecule has 0 spiro atoms. The molecule has 1 aromatic carbocycles. The molecule has 1 atom stereocenters. The highest BCUT2D eigenvalue weighted by atomic mass is 32.1. The smallest absolute Gasteiger partial charge is 0.206 e. The van der Waals surface area contributed by atoms with Crippen LogP contribution in [0.5, 0.6) is 0 Å². The Labute approximate surface area is 132 Å². The van der Waals surface area contributed by atoms with E-state index in [1.165, 1.54) is 17.6 Å². The molecule has 0 amide bonds. The molecule has 3 nitrogen and oxygen atoms in total. The number of ketones is 2. The van der Waals surface area contributed by atoms with Crippen LogP contribution in [0, 0.1) is 0 Å². The van der Waals surface area contributed by atoms with E-state index in [4.69, 9.17) is 4.42 Å². The number of hydrogen-bond acceptors (Lipinski definition) is 4. The van der Waals surface area contributed by atoms with Gasteiger partial charge in [-0.25, -0.2) is 0 Å². The summed E-state index contributed by atoms with van der Waals surface area (Å²) in [5, 5.41) is 1.91. The molecule has 0 radical (unpaired) electrons. The first-order valence-corrected chi connectivity index (χ1v) is 7.83. The molecule has 0 aliphatic carbocycles. The minimum Gasteiger partial charge on any atom is -0.461 e. The summed E-state index contributed by atoms with van der Waals surface area (Å²) in [5.74, 6) is -0.409. The average molecular weight is 310 g/mol. The molecule has 2 heterocycles. The van der Waals surface area contributed by atoms with E-state index in [0.29, 0.717) is 11.3 Å². The Balaban J connectivity index is 1.87. The topological polar surface area (TPSA) is 47.3 Å². The van der Waals surface area contributed by atoms with Crippen molar-refractivity contribution in [3.05, 3.63) is 82.4 Å². The summed E-state index contributed by atoms with van der Waals surface area (Å²) in [5.41, 5.74) is 0.622. The van der Waals surface area contributed by atoms with Crippen molar-refractivity contribution >= 4 is 22.9 Å². The quantitative estimate of drug-likeness (QED) is 0.626. The van der Waals surface area contributed by atoms with E-state index in [1.807, 2.05) is 35.7 Å². The number of thiophene rings is 1. The van der Waals surface area contributed by atoms with Gasteiger partial charge in [-0.1, -0.05) is 36.4 Å². The molecular formula is C18H14O3S. The fourth-order valence-corrected chi connectivity index (χ4v) is 3.16. The molecule has 3 aromatic rings. The Bertz CT molecular complexity index is 743. The number of benzene rings is 1. The number of hydrogen-bond donors (Lipinski definition) is 0. The van der Waals surface area contributed by atoms with Crippen molar-refractivity contribution in [3.63, 3.8) is 0 Å². The number of Topliss-reactive ketones (excluding diaryl/α,β-unsaturated/α-hetero) is 2. The molecule has 0 fully saturated rings. The Hall–Kier alpha value is -2.46. The minimum atomic E-state index is -0.501. The Kier molecular flexibility index (Phi) is 4.30. The molecule has 0 N–H and O–H groups in total. The second kappa shape index (κ2) is 6.54. The van der Waals surface area contributed by atoms with Crippen LogP contribution in [0.4, 0.5) is 0 Å². The van der Waals surface area contributed by atoms with Gasteiger partial charge in [0.25, 0.3) is 0 Å². The zero-order valence-corrected chi connectivity index (χ0v) is 12.6. The molecule has 0 saturated carbocycles.